The number of anilines is 1. The number of halogens is 1. The highest BCUT2D eigenvalue weighted by atomic mass is 19.1. The molecule has 0 radical (unpaired) electrons. The molecule has 1 rings (SSSR count). The topological polar surface area (TPSA) is 24.5 Å². The Bertz CT molecular complexity index is 327. The van der Waals surface area contributed by atoms with E-state index in [0.29, 0.717) is 18.8 Å². The lowest BCUT2D eigenvalue weighted by Gasteiger charge is -2.26. The van der Waals surface area contributed by atoms with Crippen LogP contribution in [0.1, 0.15) is 6.92 Å². The van der Waals surface area contributed by atoms with Crippen LogP contribution in [-0.4, -0.2) is 39.9 Å². The second kappa shape index (κ2) is 7.25. The average Bonchev–Trinajstić information content (AvgIpc) is 2.30. The van der Waals surface area contributed by atoms with Crippen molar-refractivity contribution in [3.05, 3.63) is 30.1 Å². The zero-order chi connectivity index (χ0) is 12.7. The van der Waals surface area contributed by atoms with Crippen LogP contribution in [0.25, 0.3) is 0 Å². The smallest absolute Gasteiger partial charge is 0.146 e. The van der Waals surface area contributed by atoms with E-state index in [9.17, 15) is 4.39 Å². The summed E-state index contributed by atoms with van der Waals surface area (Å²) in [5.74, 6) is -0.192. The standard InChI is InChI=1S/C13H21FN2O/c1-4-15-11(10-17-3)9-16(2)13-8-6-5-7-12(13)14/h5-8,11,15H,4,9-10H2,1-3H3. The third kappa shape index (κ3) is 4.32. The third-order valence-electron chi connectivity index (χ3n) is 2.62. The van der Waals surface area contributed by atoms with Gasteiger partial charge in [-0.1, -0.05) is 19.1 Å². The van der Waals surface area contributed by atoms with Crippen molar-refractivity contribution in [2.24, 2.45) is 0 Å². The number of nitrogens with zero attached hydrogens (tertiary/aromatic N) is 1. The lowest BCUT2D eigenvalue weighted by Crippen LogP contribution is -2.42. The lowest BCUT2D eigenvalue weighted by atomic mass is 10.2. The molecule has 0 spiro atoms. The monoisotopic (exact) mass is 240 g/mol. The highest BCUT2D eigenvalue weighted by molar-refractivity contribution is 5.46. The summed E-state index contributed by atoms with van der Waals surface area (Å²) in [6, 6.07) is 7.00. The largest absolute Gasteiger partial charge is 0.383 e. The van der Waals surface area contributed by atoms with Crippen molar-refractivity contribution in [1.82, 2.24) is 5.32 Å². The molecule has 17 heavy (non-hydrogen) atoms. The van der Waals surface area contributed by atoms with Gasteiger partial charge in [0, 0.05) is 26.7 Å². The fourth-order valence-electron chi connectivity index (χ4n) is 1.86. The second-order valence-corrected chi connectivity index (χ2v) is 4.04. The predicted octanol–water partition coefficient (Wildman–Crippen LogP) is 1.89. The number of hydrogen-bond acceptors (Lipinski definition) is 3. The van der Waals surface area contributed by atoms with Gasteiger partial charge >= 0.3 is 0 Å². The molecule has 0 aliphatic heterocycles. The van der Waals surface area contributed by atoms with E-state index in [-0.39, 0.29) is 11.9 Å². The second-order valence-electron chi connectivity index (χ2n) is 4.04. The molecule has 0 heterocycles. The molecule has 96 valence electrons. The Labute approximate surface area is 103 Å². The van der Waals surface area contributed by atoms with Gasteiger partial charge in [-0.25, -0.2) is 4.39 Å². The van der Waals surface area contributed by atoms with Crippen LogP contribution in [0.5, 0.6) is 0 Å². The van der Waals surface area contributed by atoms with Crippen molar-refractivity contribution in [3.63, 3.8) is 0 Å². The Hall–Kier alpha value is -1.13. The van der Waals surface area contributed by atoms with Gasteiger partial charge in [-0.3, -0.25) is 0 Å². The first-order chi connectivity index (χ1) is 8.19. The van der Waals surface area contributed by atoms with Gasteiger partial charge in [-0.05, 0) is 18.7 Å². The molecule has 1 aromatic rings. The lowest BCUT2D eigenvalue weighted by molar-refractivity contribution is 0.169. The minimum atomic E-state index is -0.192. The third-order valence-corrected chi connectivity index (χ3v) is 2.62. The number of methoxy groups -OCH3 is 1. The maximum absolute atomic E-state index is 13.6. The molecule has 1 unspecified atom stereocenters. The molecular weight excluding hydrogens is 219 g/mol. The Morgan fingerprint density at radius 3 is 2.71 bits per heavy atom. The molecular formula is C13H21FN2O. The van der Waals surface area contributed by atoms with Crippen LogP contribution in [0.3, 0.4) is 0 Å². The molecule has 0 aliphatic carbocycles. The SMILES string of the molecule is CCNC(COC)CN(C)c1ccccc1F. The minimum absolute atomic E-state index is 0.192. The van der Waals surface area contributed by atoms with Gasteiger partial charge in [0.15, 0.2) is 0 Å². The Morgan fingerprint density at radius 1 is 1.41 bits per heavy atom. The maximum Gasteiger partial charge on any atom is 0.146 e. The molecule has 1 N–H and O–H groups in total. The van der Waals surface area contributed by atoms with Crippen molar-refractivity contribution >= 4 is 5.69 Å². The zero-order valence-corrected chi connectivity index (χ0v) is 10.7. The molecule has 0 amide bonds. The van der Waals surface area contributed by atoms with Crippen LogP contribution < -0.4 is 10.2 Å². The fourth-order valence-corrected chi connectivity index (χ4v) is 1.86. The van der Waals surface area contributed by atoms with Gasteiger partial charge in [-0.2, -0.15) is 0 Å². The van der Waals surface area contributed by atoms with Crippen molar-refractivity contribution in [3.8, 4) is 0 Å². The molecule has 0 saturated heterocycles. The van der Waals surface area contributed by atoms with Gasteiger partial charge in [0.25, 0.3) is 0 Å². The molecule has 4 heteroatoms. The summed E-state index contributed by atoms with van der Waals surface area (Å²) < 4.78 is 18.7. The van der Waals surface area contributed by atoms with Gasteiger partial charge in [0.05, 0.1) is 12.3 Å². The van der Waals surface area contributed by atoms with E-state index in [1.807, 2.05) is 24.9 Å². The van der Waals surface area contributed by atoms with Gasteiger partial charge in [-0.15, -0.1) is 0 Å². The number of rotatable bonds is 7. The van der Waals surface area contributed by atoms with E-state index < -0.39 is 0 Å². The van der Waals surface area contributed by atoms with Crippen LogP contribution in [-0.2, 0) is 4.74 Å². The number of nitrogens with one attached hydrogen (secondary N) is 1. The summed E-state index contributed by atoms with van der Waals surface area (Å²) in [6.45, 7) is 4.25. The number of para-hydroxylation sites is 1. The number of hydrogen-bond donors (Lipinski definition) is 1. The summed E-state index contributed by atoms with van der Waals surface area (Å²) in [7, 11) is 3.56. The summed E-state index contributed by atoms with van der Waals surface area (Å²) >= 11 is 0. The Balaban J connectivity index is 2.63. The van der Waals surface area contributed by atoms with E-state index in [0.717, 1.165) is 6.54 Å². The summed E-state index contributed by atoms with van der Waals surface area (Å²) in [6.07, 6.45) is 0. The van der Waals surface area contributed by atoms with Crippen LogP contribution in [0, 0.1) is 5.82 Å². The van der Waals surface area contributed by atoms with E-state index in [4.69, 9.17) is 4.74 Å². The first kappa shape index (κ1) is 13.9. The maximum atomic E-state index is 13.6. The normalized spacial score (nSPS) is 12.5. The Morgan fingerprint density at radius 2 is 2.12 bits per heavy atom. The van der Waals surface area contributed by atoms with Crippen molar-refractivity contribution < 1.29 is 9.13 Å². The molecule has 0 aliphatic rings. The molecule has 1 aromatic carbocycles. The van der Waals surface area contributed by atoms with E-state index in [1.54, 1.807) is 19.2 Å². The quantitative estimate of drug-likeness (QED) is 0.787. The first-order valence-corrected chi connectivity index (χ1v) is 5.87. The van der Waals surface area contributed by atoms with E-state index >= 15 is 0 Å². The average molecular weight is 240 g/mol. The molecule has 3 nitrogen and oxygen atoms in total. The highest BCUT2D eigenvalue weighted by Crippen LogP contribution is 2.17. The van der Waals surface area contributed by atoms with Crippen LogP contribution in [0.15, 0.2) is 24.3 Å². The molecule has 0 bridgehead atoms. The number of benzene rings is 1. The van der Waals surface area contributed by atoms with E-state index in [2.05, 4.69) is 5.32 Å². The van der Waals surface area contributed by atoms with Crippen LogP contribution >= 0.6 is 0 Å². The summed E-state index contributed by atoms with van der Waals surface area (Å²) in [4.78, 5) is 1.90. The fraction of sp³-hybridized carbons (Fsp3) is 0.538. The zero-order valence-electron chi connectivity index (χ0n) is 10.7. The highest BCUT2D eigenvalue weighted by Gasteiger charge is 2.13. The minimum Gasteiger partial charge on any atom is -0.383 e. The van der Waals surface area contributed by atoms with E-state index in [1.165, 1.54) is 6.07 Å². The van der Waals surface area contributed by atoms with Gasteiger partial charge in [0.2, 0.25) is 0 Å². The van der Waals surface area contributed by atoms with Gasteiger partial charge in [0.1, 0.15) is 5.82 Å². The predicted molar refractivity (Wildman–Crippen MR) is 69.0 cm³/mol. The van der Waals surface area contributed by atoms with Crippen molar-refractivity contribution in [1.29, 1.82) is 0 Å². The summed E-state index contributed by atoms with van der Waals surface area (Å²) in [5, 5.41) is 3.31. The van der Waals surface area contributed by atoms with Crippen molar-refractivity contribution in [2.45, 2.75) is 13.0 Å². The Kier molecular flexibility index (Phi) is 5.94. The number of ether oxygens (including phenoxy) is 1. The number of likely N-dealkylation sites (N-methyl/N-ethyl adjacent to an activating group) is 2. The van der Waals surface area contributed by atoms with Gasteiger partial charge < -0.3 is 15.0 Å². The summed E-state index contributed by atoms with van der Waals surface area (Å²) in [5.41, 5.74) is 0.617. The molecule has 0 saturated carbocycles. The van der Waals surface area contributed by atoms with Crippen LogP contribution in [0.2, 0.25) is 0 Å². The molecule has 1 atom stereocenters. The first-order valence-electron chi connectivity index (χ1n) is 5.87. The van der Waals surface area contributed by atoms with Crippen LogP contribution in [0.4, 0.5) is 10.1 Å². The molecule has 0 fully saturated rings. The molecule has 0 aromatic heterocycles. The van der Waals surface area contributed by atoms with Crippen molar-refractivity contribution in [2.75, 3.05) is 38.8 Å².